The highest BCUT2D eigenvalue weighted by Gasteiger charge is 2.36. The molecule has 2 heterocycles. The largest absolute Gasteiger partial charge is 0.493 e. The zero-order chi connectivity index (χ0) is 22.0. The van der Waals surface area contributed by atoms with Gasteiger partial charge >= 0.3 is 0 Å². The molecule has 1 amide bonds. The van der Waals surface area contributed by atoms with Gasteiger partial charge in [-0.25, -0.2) is 0 Å². The normalized spacial score (nSPS) is 16.4. The van der Waals surface area contributed by atoms with E-state index in [1.165, 1.54) is 5.56 Å². The minimum Gasteiger partial charge on any atom is -0.493 e. The van der Waals surface area contributed by atoms with Crippen molar-refractivity contribution in [2.24, 2.45) is 0 Å². The van der Waals surface area contributed by atoms with Gasteiger partial charge in [-0.2, -0.15) is 0 Å². The van der Waals surface area contributed by atoms with Crippen LogP contribution >= 0.6 is 11.3 Å². The Bertz CT molecular complexity index is 1050. The van der Waals surface area contributed by atoms with Crippen LogP contribution in [0.2, 0.25) is 0 Å². The Kier molecular flexibility index (Phi) is 6.18. The maximum atomic E-state index is 13.5. The van der Waals surface area contributed by atoms with Gasteiger partial charge in [0.05, 0.1) is 20.3 Å². The van der Waals surface area contributed by atoms with Gasteiger partial charge in [-0.1, -0.05) is 23.8 Å². The molecule has 3 aromatic rings. The van der Waals surface area contributed by atoms with Crippen molar-refractivity contribution < 1.29 is 19.0 Å². The highest BCUT2D eigenvalue weighted by Crippen LogP contribution is 2.42. The second-order valence-corrected chi connectivity index (χ2v) is 8.66. The van der Waals surface area contributed by atoms with E-state index in [9.17, 15) is 4.79 Å². The van der Waals surface area contributed by atoms with Crippen LogP contribution in [-0.2, 0) is 11.2 Å². The van der Waals surface area contributed by atoms with Crippen LogP contribution in [0.5, 0.6) is 17.2 Å². The molecule has 0 radical (unpaired) electrons. The van der Waals surface area contributed by atoms with Crippen molar-refractivity contribution in [2.75, 3.05) is 20.8 Å². The second-order valence-electron chi connectivity index (χ2n) is 7.68. The number of aryl methyl sites for hydroxylation is 1. The van der Waals surface area contributed by atoms with Crippen molar-refractivity contribution in [3.63, 3.8) is 0 Å². The average Bonchev–Trinajstić information content (AvgIpc) is 3.32. The molecule has 0 saturated heterocycles. The third-order valence-corrected chi connectivity index (χ3v) is 6.58. The predicted molar refractivity (Wildman–Crippen MR) is 122 cm³/mol. The lowest BCUT2D eigenvalue weighted by molar-refractivity contribution is -0.140. The number of rotatable bonds is 6. The third kappa shape index (κ3) is 4.26. The molecule has 5 nitrogen and oxygen atoms in total. The molecule has 0 fully saturated rings. The number of benzene rings is 2. The van der Waals surface area contributed by atoms with E-state index < -0.39 is 6.10 Å². The highest BCUT2D eigenvalue weighted by molar-refractivity contribution is 7.10. The molecule has 2 aromatic carbocycles. The van der Waals surface area contributed by atoms with Crippen LogP contribution in [0.25, 0.3) is 0 Å². The first-order valence-corrected chi connectivity index (χ1v) is 11.2. The first-order chi connectivity index (χ1) is 15.0. The Morgan fingerprint density at radius 3 is 2.45 bits per heavy atom. The summed E-state index contributed by atoms with van der Waals surface area (Å²) in [6.07, 6.45) is 0.160. The lowest BCUT2D eigenvalue weighted by Crippen LogP contribution is -2.46. The first-order valence-electron chi connectivity index (χ1n) is 10.3. The van der Waals surface area contributed by atoms with Crippen LogP contribution in [0, 0.1) is 6.92 Å². The fourth-order valence-electron chi connectivity index (χ4n) is 4.04. The quantitative estimate of drug-likeness (QED) is 0.544. The minimum absolute atomic E-state index is 0.0283. The van der Waals surface area contributed by atoms with E-state index in [-0.39, 0.29) is 11.9 Å². The molecule has 0 N–H and O–H groups in total. The standard InChI is InChI=1S/C25H27NO4S/c1-16-7-9-19(10-8-16)30-17(2)25(27)26-12-11-18-14-21(28-3)22(29-4)15-20(18)24(26)23-6-5-13-31-23/h5-10,13-15,17,24H,11-12H2,1-4H3/t17-,24-/m0/s1. The smallest absolute Gasteiger partial charge is 0.264 e. The fraction of sp³-hybridized carbons (Fsp3) is 0.320. The van der Waals surface area contributed by atoms with Gasteiger partial charge in [-0.3, -0.25) is 4.79 Å². The molecular formula is C25H27NO4S. The molecule has 0 spiro atoms. The first kappa shape index (κ1) is 21.2. The van der Waals surface area contributed by atoms with E-state index in [4.69, 9.17) is 14.2 Å². The Labute approximate surface area is 187 Å². The molecule has 1 aromatic heterocycles. The Morgan fingerprint density at radius 2 is 1.81 bits per heavy atom. The van der Waals surface area contributed by atoms with Gasteiger partial charge in [0, 0.05) is 11.4 Å². The molecule has 0 bridgehead atoms. The molecule has 0 unspecified atom stereocenters. The maximum absolute atomic E-state index is 13.5. The number of carbonyl (C=O) groups excluding carboxylic acids is 1. The molecule has 31 heavy (non-hydrogen) atoms. The van der Waals surface area contributed by atoms with E-state index >= 15 is 0 Å². The molecule has 4 rings (SSSR count). The number of methoxy groups -OCH3 is 2. The van der Waals surface area contributed by atoms with E-state index in [0.29, 0.717) is 23.8 Å². The number of hydrogen-bond acceptors (Lipinski definition) is 5. The molecule has 1 aliphatic heterocycles. The summed E-state index contributed by atoms with van der Waals surface area (Å²) in [4.78, 5) is 16.6. The SMILES string of the molecule is COc1cc2c(cc1OC)[C@@H](c1cccs1)N(C(=O)[C@H](C)Oc1ccc(C)cc1)CC2. The monoisotopic (exact) mass is 437 g/mol. The van der Waals surface area contributed by atoms with Crippen molar-refractivity contribution in [1.82, 2.24) is 4.90 Å². The van der Waals surface area contributed by atoms with E-state index in [0.717, 1.165) is 22.4 Å². The zero-order valence-corrected chi connectivity index (χ0v) is 19.1. The van der Waals surface area contributed by atoms with Gasteiger partial charge in [-0.15, -0.1) is 11.3 Å². The lowest BCUT2D eigenvalue weighted by Gasteiger charge is -2.38. The summed E-state index contributed by atoms with van der Waals surface area (Å²) >= 11 is 1.65. The molecule has 0 aliphatic carbocycles. The highest BCUT2D eigenvalue weighted by atomic mass is 32.1. The summed E-state index contributed by atoms with van der Waals surface area (Å²) in [6, 6.07) is 15.7. The van der Waals surface area contributed by atoms with Crippen molar-refractivity contribution in [2.45, 2.75) is 32.4 Å². The lowest BCUT2D eigenvalue weighted by atomic mass is 9.90. The summed E-state index contributed by atoms with van der Waals surface area (Å²) in [7, 11) is 3.28. The van der Waals surface area contributed by atoms with E-state index in [1.807, 2.05) is 66.6 Å². The van der Waals surface area contributed by atoms with Gasteiger partial charge in [0.25, 0.3) is 5.91 Å². The van der Waals surface area contributed by atoms with Crippen LogP contribution < -0.4 is 14.2 Å². The second kappa shape index (κ2) is 9.02. The van der Waals surface area contributed by atoms with Crippen molar-refractivity contribution in [3.05, 3.63) is 75.5 Å². The fourth-order valence-corrected chi connectivity index (χ4v) is 4.90. The number of hydrogen-bond donors (Lipinski definition) is 0. The van der Waals surface area contributed by atoms with Crippen LogP contribution in [0.1, 0.15) is 34.5 Å². The molecule has 2 atom stereocenters. The summed E-state index contributed by atoms with van der Waals surface area (Å²) in [5.41, 5.74) is 3.40. The van der Waals surface area contributed by atoms with Gasteiger partial charge in [0.15, 0.2) is 17.6 Å². The summed E-state index contributed by atoms with van der Waals surface area (Å²) in [6.45, 7) is 4.46. The van der Waals surface area contributed by atoms with Crippen LogP contribution in [0.3, 0.4) is 0 Å². The van der Waals surface area contributed by atoms with Gasteiger partial charge < -0.3 is 19.1 Å². The number of amides is 1. The van der Waals surface area contributed by atoms with Crippen LogP contribution in [0.15, 0.2) is 53.9 Å². The van der Waals surface area contributed by atoms with Gasteiger partial charge in [-0.05, 0) is 67.1 Å². The molecule has 1 aliphatic rings. The number of ether oxygens (including phenoxy) is 3. The summed E-state index contributed by atoms with van der Waals surface area (Å²) in [5.74, 6) is 2.05. The minimum atomic E-state index is -0.591. The third-order valence-electron chi connectivity index (χ3n) is 5.65. The van der Waals surface area contributed by atoms with Crippen molar-refractivity contribution in [3.8, 4) is 17.2 Å². The van der Waals surface area contributed by atoms with Gasteiger partial charge in [0.1, 0.15) is 5.75 Å². The maximum Gasteiger partial charge on any atom is 0.264 e. The van der Waals surface area contributed by atoms with Crippen LogP contribution in [0.4, 0.5) is 0 Å². The molecular weight excluding hydrogens is 410 g/mol. The number of fused-ring (bicyclic) bond motifs is 1. The molecule has 6 heteroatoms. The summed E-state index contributed by atoms with van der Waals surface area (Å²) < 4.78 is 17.0. The predicted octanol–water partition coefficient (Wildman–Crippen LogP) is 5.02. The van der Waals surface area contributed by atoms with Crippen molar-refractivity contribution in [1.29, 1.82) is 0 Å². The number of nitrogens with zero attached hydrogens (tertiary/aromatic N) is 1. The van der Waals surface area contributed by atoms with E-state index in [1.54, 1.807) is 25.6 Å². The Balaban J connectivity index is 1.67. The zero-order valence-electron chi connectivity index (χ0n) is 18.3. The number of thiophene rings is 1. The van der Waals surface area contributed by atoms with E-state index in [2.05, 4.69) is 6.07 Å². The Hall–Kier alpha value is -2.99. The molecule has 0 saturated carbocycles. The Morgan fingerprint density at radius 1 is 1.10 bits per heavy atom. The topological polar surface area (TPSA) is 48.0 Å². The van der Waals surface area contributed by atoms with Crippen LogP contribution in [-0.4, -0.2) is 37.7 Å². The molecule has 162 valence electrons. The summed E-state index contributed by atoms with van der Waals surface area (Å²) in [5, 5.41) is 2.04. The average molecular weight is 438 g/mol. The number of carbonyl (C=O) groups is 1. The van der Waals surface area contributed by atoms with Gasteiger partial charge in [0.2, 0.25) is 0 Å². The van der Waals surface area contributed by atoms with Crippen molar-refractivity contribution >= 4 is 17.2 Å².